The monoisotopic (exact) mass is 234 g/mol. The summed E-state index contributed by atoms with van der Waals surface area (Å²) in [6, 6.07) is 15.9. The zero-order valence-corrected chi connectivity index (χ0v) is 9.61. The predicted octanol–water partition coefficient (Wildman–Crippen LogP) is 2.65. The lowest BCUT2D eigenvalue weighted by molar-refractivity contribution is -0.00244. The summed E-state index contributed by atoms with van der Waals surface area (Å²) in [6.07, 6.45) is 0. The van der Waals surface area contributed by atoms with Crippen LogP contribution in [-0.2, 0) is 0 Å². The molecule has 2 aromatic carbocycles. The van der Waals surface area contributed by atoms with E-state index in [1.807, 2.05) is 48.5 Å². The van der Waals surface area contributed by atoms with Crippen molar-refractivity contribution < 1.29 is 9.58 Å². The highest BCUT2D eigenvalue weighted by molar-refractivity contribution is 6.21. The van der Waals surface area contributed by atoms with E-state index in [4.69, 9.17) is 11.1 Å². The number of nitrogens with zero attached hydrogens (tertiary/aromatic N) is 4. The highest BCUT2D eigenvalue weighted by atomic mass is 14.9. The molecule has 1 aliphatic carbocycles. The number of hydrogen-bond acceptors (Lipinski definition) is 0. The SMILES string of the molecule is C=[N+]=[N-].[N-]=[N+]=C1c2ccccc2-c2ccccc21. The van der Waals surface area contributed by atoms with Gasteiger partial charge in [0.1, 0.15) is 0 Å². The van der Waals surface area contributed by atoms with Crippen LogP contribution in [-0.4, -0.2) is 22.0 Å². The molecule has 0 saturated carbocycles. The molecule has 0 saturated heterocycles. The van der Waals surface area contributed by atoms with Crippen molar-refractivity contribution >= 4 is 12.4 Å². The maximum absolute atomic E-state index is 9.05. The minimum atomic E-state index is 0.668. The normalized spacial score (nSPS) is 10.3. The van der Waals surface area contributed by atoms with Gasteiger partial charge in [-0.2, -0.15) is 9.58 Å². The van der Waals surface area contributed by atoms with Crippen LogP contribution in [0.2, 0.25) is 0 Å². The molecule has 3 rings (SSSR count). The summed E-state index contributed by atoms with van der Waals surface area (Å²) in [5.74, 6) is 0. The molecule has 4 nitrogen and oxygen atoms in total. The van der Waals surface area contributed by atoms with Crippen LogP contribution in [0.1, 0.15) is 11.1 Å². The second kappa shape index (κ2) is 5.02. The first-order chi connectivity index (χ1) is 8.83. The van der Waals surface area contributed by atoms with E-state index in [2.05, 4.69) is 16.3 Å². The summed E-state index contributed by atoms with van der Waals surface area (Å²) in [5.41, 5.74) is 21.1. The molecule has 0 amide bonds. The average molecular weight is 234 g/mol. The van der Waals surface area contributed by atoms with Crippen LogP contribution < -0.4 is 0 Å². The van der Waals surface area contributed by atoms with Crippen LogP contribution in [0.25, 0.3) is 22.2 Å². The quantitative estimate of drug-likeness (QED) is 0.326. The van der Waals surface area contributed by atoms with Crippen LogP contribution in [0.5, 0.6) is 0 Å². The van der Waals surface area contributed by atoms with Crippen LogP contribution in [0, 0.1) is 0 Å². The van der Waals surface area contributed by atoms with Crippen molar-refractivity contribution in [1.82, 2.24) is 0 Å². The van der Waals surface area contributed by atoms with Gasteiger partial charge in [0.2, 0.25) is 6.72 Å². The van der Waals surface area contributed by atoms with E-state index in [1.165, 1.54) is 0 Å². The van der Waals surface area contributed by atoms with E-state index >= 15 is 0 Å². The molecule has 1 aliphatic rings. The first-order valence-electron chi connectivity index (χ1n) is 5.34. The van der Waals surface area contributed by atoms with Crippen LogP contribution in [0.3, 0.4) is 0 Å². The zero-order chi connectivity index (χ0) is 13.0. The molecule has 0 aliphatic heterocycles. The predicted molar refractivity (Wildman–Crippen MR) is 69.4 cm³/mol. The standard InChI is InChI=1S/C13H8N2.CH2N2/c14-15-13-11-7-3-1-5-9(11)10-6-2-4-8-12(10)13;1-3-2/h1-8H;1H2. The van der Waals surface area contributed by atoms with E-state index in [9.17, 15) is 0 Å². The fourth-order valence-electron chi connectivity index (χ4n) is 2.10. The van der Waals surface area contributed by atoms with Gasteiger partial charge in [0.05, 0.1) is 11.1 Å². The van der Waals surface area contributed by atoms with Crippen molar-refractivity contribution in [2.75, 3.05) is 0 Å². The van der Waals surface area contributed by atoms with Gasteiger partial charge >= 0.3 is 5.71 Å². The highest BCUT2D eigenvalue weighted by Crippen LogP contribution is 2.35. The summed E-state index contributed by atoms with van der Waals surface area (Å²) in [6.45, 7) is 2.67. The van der Waals surface area contributed by atoms with Crippen LogP contribution in [0.4, 0.5) is 0 Å². The van der Waals surface area contributed by atoms with E-state index in [1.54, 1.807) is 0 Å². The largest absolute Gasteiger partial charge is 0.362 e. The molecule has 0 fully saturated rings. The summed E-state index contributed by atoms with van der Waals surface area (Å²) < 4.78 is 0. The lowest BCUT2D eigenvalue weighted by Gasteiger charge is -1.95. The maximum atomic E-state index is 9.05. The molecule has 0 heterocycles. The highest BCUT2D eigenvalue weighted by Gasteiger charge is 2.29. The molecule has 0 spiro atoms. The number of rotatable bonds is 0. The molecule has 0 bridgehead atoms. The third-order valence-corrected chi connectivity index (χ3v) is 2.75. The van der Waals surface area contributed by atoms with E-state index < -0.39 is 0 Å². The van der Waals surface area contributed by atoms with E-state index in [0.717, 1.165) is 22.3 Å². The van der Waals surface area contributed by atoms with Crippen molar-refractivity contribution in [2.24, 2.45) is 0 Å². The second-order valence-corrected chi connectivity index (χ2v) is 3.68. The van der Waals surface area contributed by atoms with Gasteiger partial charge in [-0.3, -0.25) is 0 Å². The van der Waals surface area contributed by atoms with Gasteiger partial charge in [-0.25, -0.2) is 0 Å². The second-order valence-electron chi connectivity index (χ2n) is 3.68. The fourth-order valence-corrected chi connectivity index (χ4v) is 2.10. The first kappa shape index (κ1) is 11.7. The van der Waals surface area contributed by atoms with E-state index in [-0.39, 0.29) is 0 Å². The Kier molecular flexibility index (Phi) is 3.26. The molecule has 0 aromatic heterocycles. The number of fused-ring (bicyclic) bond motifs is 3. The topological polar surface area (TPSA) is 72.8 Å². The van der Waals surface area contributed by atoms with Crippen molar-refractivity contribution in [2.45, 2.75) is 0 Å². The van der Waals surface area contributed by atoms with Crippen molar-refractivity contribution in [1.29, 1.82) is 0 Å². The summed E-state index contributed by atoms with van der Waals surface area (Å²) >= 11 is 0. The third kappa shape index (κ3) is 1.78. The van der Waals surface area contributed by atoms with Gasteiger partial charge in [-0.1, -0.05) is 36.4 Å². The summed E-state index contributed by atoms with van der Waals surface area (Å²) in [7, 11) is 0. The van der Waals surface area contributed by atoms with Gasteiger partial charge < -0.3 is 11.1 Å². The zero-order valence-electron chi connectivity index (χ0n) is 9.61. The Balaban J connectivity index is 0.000000367. The first-order valence-corrected chi connectivity index (χ1v) is 5.34. The van der Waals surface area contributed by atoms with Gasteiger partial charge in [-0.15, -0.1) is 0 Å². The minimum Gasteiger partial charge on any atom is -0.362 e. The third-order valence-electron chi connectivity index (χ3n) is 2.75. The van der Waals surface area contributed by atoms with Gasteiger partial charge in [0.15, 0.2) is 0 Å². The van der Waals surface area contributed by atoms with E-state index in [0.29, 0.717) is 5.71 Å². The Labute approximate surface area is 104 Å². The Hall–Kier alpha value is -2.80. The Morgan fingerprint density at radius 1 is 0.722 bits per heavy atom. The fraction of sp³-hybridized carbons (Fsp3) is 0. The Bertz CT molecular complexity index is 628. The molecule has 86 valence electrons. The van der Waals surface area contributed by atoms with Gasteiger partial charge in [0, 0.05) is 0 Å². The lowest BCUT2D eigenvalue weighted by atomic mass is 10.1. The maximum Gasteiger partial charge on any atom is 0.330 e. The van der Waals surface area contributed by atoms with Crippen LogP contribution in [0.15, 0.2) is 48.5 Å². The molecule has 0 unspecified atom stereocenters. The summed E-state index contributed by atoms with van der Waals surface area (Å²) in [5, 5.41) is 0. The van der Waals surface area contributed by atoms with Crippen LogP contribution >= 0.6 is 0 Å². The van der Waals surface area contributed by atoms with Crippen molar-refractivity contribution in [3.63, 3.8) is 0 Å². The number of hydrogen-bond donors (Lipinski definition) is 0. The smallest absolute Gasteiger partial charge is 0.330 e. The molecule has 0 atom stereocenters. The van der Waals surface area contributed by atoms with Gasteiger partial charge in [0.25, 0.3) is 0 Å². The summed E-state index contributed by atoms with van der Waals surface area (Å²) in [4.78, 5) is 5.64. The molecular formula is C14H10N4. The lowest BCUT2D eigenvalue weighted by Crippen LogP contribution is -1.98. The Morgan fingerprint density at radius 2 is 1.06 bits per heavy atom. The average Bonchev–Trinajstić information content (AvgIpc) is 2.73. The Morgan fingerprint density at radius 3 is 1.39 bits per heavy atom. The molecule has 0 N–H and O–H groups in total. The molecule has 4 heteroatoms. The molecule has 0 radical (unpaired) electrons. The molecule has 18 heavy (non-hydrogen) atoms. The van der Waals surface area contributed by atoms with Crippen molar-refractivity contribution in [3.8, 4) is 11.1 Å². The molecular weight excluding hydrogens is 224 g/mol. The number of benzene rings is 2. The molecule has 2 aromatic rings. The van der Waals surface area contributed by atoms with Crippen molar-refractivity contribution in [3.05, 3.63) is 70.7 Å². The van der Waals surface area contributed by atoms with Gasteiger partial charge in [-0.05, 0) is 23.3 Å². The minimum absolute atomic E-state index is 0.668.